The molecule has 28 heavy (non-hydrogen) atoms. The summed E-state index contributed by atoms with van der Waals surface area (Å²) in [6, 6.07) is 14.5. The predicted molar refractivity (Wildman–Crippen MR) is 104 cm³/mol. The van der Waals surface area contributed by atoms with Crippen molar-refractivity contribution in [3.05, 3.63) is 71.0 Å². The SMILES string of the molecule is O=C(COCC(=O)N1CCc2ccccc2C1)NCCCc1cccc(F)c1. The topological polar surface area (TPSA) is 58.6 Å². The monoisotopic (exact) mass is 384 g/mol. The molecule has 1 heterocycles. The third kappa shape index (κ3) is 5.89. The third-order valence-electron chi connectivity index (χ3n) is 4.80. The number of aryl methyl sites for hydroxylation is 1. The Morgan fingerprint density at radius 3 is 2.71 bits per heavy atom. The maximum absolute atomic E-state index is 13.1. The number of halogens is 1. The molecule has 0 aromatic heterocycles. The van der Waals surface area contributed by atoms with Crippen molar-refractivity contribution in [2.45, 2.75) is 25.8 Å². The van der Waals surface area contributed by atoms with Gasteiger partial charge in [0, 0.05) is 19.6 Å². The molecule has 148 valence electrons. The van der Waals surface area contributed by atoms with E-state index in [1.165, 1.54) is 17.7 Å². The number of nitrogens with zero attached hydrogens (tertiary/aromatic N) is 1. The van der Waals surface area contributed by atoms with Crippen molar-refractivity contribution < 1.29 is 18.7 Å². The first-order valence-electron chi connectivity index (χ1n) is 9.55. The average molecular weight is 384 g/mol. The molecule has 1 N–H and O–H groups in total. The van der Waals surface area contributed by atoms with Crippen LogP contribution in [0.25, 0.3) is 0 Å². The highest BCUT2D eigenvalue weighted by Gasteiger charge is 2.20. The number of fused-ring (bicyclic) bond motifs is 1. The molecule has 0 unspecified atom stereocenters. The summed E-state index contributed by atoms with van der Waals surface area (Å²) in [5.41, 5.74) is 3.35. The molecule has 0 aliphatic carbocycles. The fraction of sp³-hybridized carbons (Fsp3) is 0.364. The maximum atomic E-state index is 13.1. The lowest BCUT2D eigenvalue weighted by Gasteiger charge is -2.28. The van der Waals surface area contributed by atoms with Gasteiger partial charge in [-0.25, -0.2) is 4.39 Å². The summed E-state index contributed by atoms with van der Waals surface area (Å²) in [6.45, 7) is 1.50. The molecule has 3 rings (SSSR count). The Bertz CT molecular complexity index is 825. The third-order valence-corrected chi connectivity index (χ3v) is 4.80. The second-order valence-corrected chi connectivity index (χ2v) is 6.91. The molecular weight excluding hydrogens is 359 g/mol. The molecule has 0 radical (unpaired) electrons. The Morgan fingerprint density at radius 1 is 1.07 bits per heavy atom. The quantitative estimate of drug-likeness (QED) is 0.712. The van der Waals surface area contributed by atoms with E-state index in [0.717, 1.165) is 17.5 Å². The number of hydrogen-bond acceptors (Lipinski definition) is 3. The minimum Gasteiger partial charge on any atom is -0.362 e. The van der Waals surface area contributed by atoms with Gasteiger partial charge in [0.15, 0.2) is 0 Å². The van der Waals surface area contributed by atoms with E-state index >= 15 is 0 Å². The molecule has 1 aliphatic rings. The van der Waals surface area contributed by atoms with Gasteiger partial charge in [-0.05, 0) is 48.1 Å². The summed E-state index contributed by atoms with van der Waals surface area (Å²) in [5, 5.41) is 2.75. The summed E-state index contributed by atoms with van der Waals surface area (Å²) < 4.78 is 18.4. The highest BCUT2D eigenvalue weighted by atomic mass is 19.1. The fourth-order valence-electron chi connectivity index (χ4n) is 3.29. The zero-order chi connectivity index (χ0) is 19.8. The highest BCUT2D eigenvalue weighted by molar-refractivity contribution is 5.79. The fourth-order valence-corrected chi connectivity index (χ4v) is 3.29. The number of hydrogen-bond donors (Lipinski definition) is 1. The standard InChI is InChI=1S/C22H25FN2O3/c23-20-9-3-5-17(13-20)6-4-11-24-21(26)15-28-16-22(27)25-12-10-18-7-1-2-8-19(18)14-25/h1-3,5,7-9,13H,4,6,10-12,14-16H2,(H,24,26). The number of carbonyl (C=O) groups excluding carboxylic acids is 2. The number of amides is 2. The van der Waals surface area contributed by atoms with Gasteiger partial charge in [0.1, 0.15) is 19.0 Å². The van der Waals surface area contributed by atoms with Crippen molar-refractivity contribution in [1.82, 2.24) is 10.2 Å². The van der Waals surface area contributed by atoms with Gasteiger partial charge in [-0.2, -0.15) is 0 Å². The van der Waals surface area contributed by atoms with Crippen LogP contribution >= 0.6 is 0 Å². The number of nitrogens with one attached hydrogen (secondary N) is 1. The maximum Gasteiger partial charge on any atom is 0.248 e. The van der Waals surface area contributed by atoms with Gasteiger partial charge >= 0.3 is 0 Å². The van der Waals surface area contributed by atoms with Crippen LogP contribution < -0.4 is 5.32 Å². The average Bonchev–Trinajstić information content (AvgIpc) is 2.71. The molecule has 5 nitrogen and oxygen atoms in total. The van der Waals surface area contributed by atoms with Crippen LogP contribution in [-0.2, 0) is 33.7 Å². The van der Waals surface area contributed by atoms with E-state index in [1.807, 2.05) is 24.3 Å². The molecule has 0 bridgehead atoms. The largest absolute Gasteiger partial charge is 0.362 e. The van der Waals surface area contributed by atoms with Crippen LogP contribution in [0.3, 0.4) is 0 Å². The van der Waals surface area contributed by atoms with Crippen LogP contribution in [0.15, 0.2) is 48.5 Å². The molecule has 0 saturated carbocycles. The van der Waals surface area contributed by atoms with Gasteiger partial charge in [-0.15, -0.1) is 0 Å². The molecule has 0 atom stereocenters. The molecule has 0 spiro atoms. The van der Waals surface area contributed by atoms with E-state index in [1.54, 1.807) is 11.0 Å². The predicted octanol–water partition coefficient (Wildman–Crippen LogP) is 2.48. The van der Waals surface area contributed by atoms with Crippen molar-refractivity contribution >= 4 is 11.8 Å². The van der Waals surface area contributed by atoms with E-state index in [0.29, 0.717) is 32.5 Å². The highest BCUT2D eigenvalue weighted by Crippen LogP contribution is 2.18. The van der Waals surface area contributed by atoms with Crippen LogP contribution in [0.2, 0.25) is 0 Å². The van der Waals surface area contributed by atoms with Gasteiger partial charge in [0.05, 0.1) is 0 Å². The first-order chi connectivity index (χ1) is 13.6. The first-order valence-corrected chi connectivity index (χ1v) is 9.55. The zero-order valence-electron chi connectivity index (χ0n) is 15.8. The molecule has 6 heteroatoms. The van der Waals surface area contributed by atoms with E-state index in [9.17, 15) is 14.0 Å². The summed E-state index contributed by atoms with van der Waals surface area (Å²) in [4.78, 5) is 25.8. The Morgan fingerprint density at radius 2 is 1.89 bits per heavy atom. The Labute approximate surface area is 164 Å². The molecule has 1 aliphatic heterocycles. The number of rotatable bonds is 8. The van der Waals surface area contributed by atoms with E-state index in [2.05, 4.69) is 11.4 Å². The minimum absolute atomic E-state index is 0.0983. The number of ether oxygens (including phenoxy) is 1. The summed E-state index contributed by atoms with van der Waals surface area (Å²) in [7, 11) is 0. The molecule has 2 amide bonds. The van der Waals surface area contributed by atoms with Crippen LogP contribution in [0.4, 0.5) is 4.39 Å². The normalized spacial score (nSPS) is 13.1. The summed E-state index contributed by atoms with van der Waals surface area (Å²) in [5.74, 6) is -0.610. The lowest BCUT2D eigenvalue weighted by atomic mass is 10.00. The van der Waals surface area contributed by atoms with Crippen molar-refractivity contribution in [3.63, 3.8) is 0 Å². The van der Waals surface area contributed by atoms with E-state index in [-0.39, 0.29) is 30.8 Å². The molecular formula is C22H25FN2O3. The molecule has 0 saturated heterocycles. The molecule has 0 fully saturated rings. The molecule has 2 aromatic carbocycles. The van der Waals surface area contributed by atoms with Crippen molar-refractivity contribution in [1.29, 1.82) is 0 Å². The van der Waals surface area contributed by atoms with Crippen LogP contribution in [0.1, 0.15) is 23.1 Å². The number of benzene rings is 2. The number of carbonyl (C=O) groups is 2. The van der Waals surface area contributed by atoms with Gasteiger partial charge in [0.25, 0.3) is 0 Å². The van der Waals surface area contributed by atoms with Gasteiger partial charge in [-0.1, -0.05) is 36.4 Å². The Kier molecular flexibility index (Phi) is 7.14. The van der Waals surface area contributed by atoms with Crippen molar-refractivity contribution in [2.75, 3.05) is 26.3 Å². The second-order valence-electron chi connectivity index (χ2n) is 6.91. The summed E-state index contributed by atoms with van der Waals surface area (Å²) >= 11 is 0. The smallest absolute Gasteiger partial charge is 0.248 e. The van der Waals surface area contributed by atoms with E-state index < -0.39 is 0 Å². The van der Waals surface area contributed by atoms with Gasteiger partial charge in [-0.3, -0.25) is 9.59 Å². The second kappa shape index (κ2) is 9.99. The Hall–Kier alpha value is -2.73. The Balaban J connectivity index is 1.29. The zero-order valence-corrected chi connectivity index (χ0v) is 15.8. The van der Waals surface area contributed by atoms with Crippen LogP contribution in [-0.4, -0.2) is 43.0 Å². The van der Waals surface area contributed by atoms with Crippen molar-refractivity contribution in [3.8, 4) is 0 Å². The van der Waals surface area contributed by atoms with Gasteiger partial charge < -0.3 is 15.0 Å². The summed E-state index contributed by atoms with van der Waals surface area (Å²) in [6.07, 6.45) is 2.24. The van der Waals surface area contributed by atoms with Crippen LogP contribution in [0, 0.1) is 5.82 Å². The van der Waals surface area contributed by atoms with Gasteiger partial charge in [0.2, 0.25) is 11.8 Å². The van der Waals surface area contributed by atoms with E-state index in [4.69, 9.17) is 4.74 Å². The minimum atomic E-state index is -0.254. The molecule has 2 aromatic rings. The first kappa shape index (κ1) is 20.0. The lowest BCUT2D eigenvalue weighted by Crippen LogP contribution is -2.39. The van der Waals surface area contributed by atoms with Crippen molar-refractivity contribution in [2.24, 2.45) is 0 Å². The lowest BCUT2D eigenvalue weighted by molar-refractivity contribution is -0.139. The van der Waals surface area contributed by atoms with Crippen LogP contribution in [0.5, 0.6) is 0 Å².